The van der Waals surface area contributed by atoms with Crippen molar-refractivity contribution in [2.75, 3.05) is 12.4 Å². The first kappa shape index (κ1) is 12.1. The zero-order valence-electron chi connectivity index (χ0n) is 9.93. The van der Waals surface area contributed by atoms with Crippen LogP contribution >= 0.6 is 11.8 Å². The zero-order valence-corrected chi connectivity index (χ0v) is 10.7. The summed E-state index contributed by atoms with van der Waals surface area (Å²) in [7, 11) is 0. The molecule has 2 rings (SSSR count). The van der Waals surface area contributed by atoms with Gasteiger partial charge in [-0.05, 0) is 31.2 Å². The summed E-state index contributed by atoms with van der Waals surface area (Å²) in [4.78, 5) is 1.30. The van der Waals surface area contributed by atoms with Crippen LogP contribution in [-0.2, 0) is 0 Å². The van der Waals surface area contributed by atoms with Crippen LogP contribution in [0.15, 0.2) is 59.5 Å². The van der Waals surface area contributed by atoms with Crippen molar-refractivity contribution in [3.05, 3.63) is 60.2 Å². The summed E-state index contributed by atoms with van der Waals surface area (Å²) in [6.07, 6.45) is 0. The normalized spacial score (nSPS) is 10.2. The number of thioether (sulfide) groups is 1. The summed E-state index contributed by atoms with van der Waals surface area (Å²) < 4.78 is 5.63. The van der Waals surface area contributed by atoms with Gasteiger partial charge in [0.1, 0.15) is 5.75 Å². The van der Waals surface area contributed by atoms with E-state index in [0.29, 0.717) is 0 Å². The lowest BCUT2D eigenvalue weighted by atomic mass is 10.2. The van der Waals surface area contributed by atoms with E-state index in [9.17, 15) is 0 Å². The molecule has 2 aromatic rings. The average Bonchev–Trinajstić information content (AvgIpc) is 2.38. The number of hydrogen-bond donors (Lipinski definition) is 0. The molecule has 0 heterocycles. The van der Waals surface area contributed by atoms with Gasteiger partial charge in [0.25, 0.3) is 0 Å². The summed E-state index contributed by atoms with van der Waals surface area (Å²) in [5, 5.41) is 0. The van der Waals surface area contributed by atoms with Crippen LogP contribution in [0.2, 0.25) is 0 Å². The topological polar surface area (TPSA) is 9.23 Å². The van der Waals surface area contributed by atoms with Crippen molar-refractivity contribution in [2.24, 2.45) is 0 Å². The lowest BCUT2D eigenvalue weighted by molar-refractivity contribution is 0.344. The van der Waals surface area contributed by atoms with Crippen LogP contribution < -0.4 is 4.74 Å². The molecule has 0 radical (unpaired) electrons. The predicted molar refractivity (Wildman–Crippen MR) is 73.8 cm³/mol. The fourth-order valence-electron chi connectivity index (χ4n) is 1.47. The van der Waals surface area contributed by atoms with E-state index in [2.05, 4.69) is 31.2 Å². The fraction of sp³-hybridized carbons (Fsp3) is 0.200. The third kappa shape index (κ3) is 4.16. The maximum Gasteiger partial charge on any atom is 0.119 e. The van der Waals surface area contributed by atoms with Gasteiger partial charge < -0.3 is 4.74 Å². The highest BCUT2D eigenvalue weighted by atomic mass is 32.2. The molecule has 88 valence electrons. The van der Waals surface area contributed by atoms with Gasteiger partial charge in [-0.3, -0.25) is 0 Å². The second kappa shape index (κ2) is 6.36. The minimum Gasteiger partial charge on any atom is -0.493 e. The average molecular weight is 244 g/mol. The highest BCUT2D eigenvalue weighted by molar-refractivity contribution is 7.99. The van der Waals surface area contributed by atoms with Gasteiger partial charge in [0, 0.05) is 10.6 Å². The van der Waals surface area contributed by atoms with Gasteiger partial charge in [-0.2, -0.15) is 0 Å². The summed E-state index contributed by atoms with van der Waals surface area (Å²) in [5.74, 6) is 1.91. The summed E-state index contributed by atoms with van der Waals surface area (Å²) >= 11 is 1.82. The molecule has 0 fully saturated rings. The van der Waals surface area contributed by atoms with E-state index in [-0.39, 0.29) is 0 Å². The SMILES string of the molecule is Cc1ccc(SCCOc2ccccc2)cc1. The number of hydrogen-bond acceptors (Lipinski definition) is 2. The summed E-state index contributed by atoms with van der Waals surface area (Å²) in [5.41, 5.74) is 1.30. The Balaban J connectivity index is 1.71. The number of aryl methyl sites for hydroxylation is 1. The van der Waals surface area contributed by atoms with Gasteiger partial charge in [-0.1, -0.05) is 35.9 Å². The minimum atomic E-state index is 0.739. The maximum absolute atomic E-state index is 5.63. The van der Waals surface area contributed by atoms with E-state index in [1.807, 2.05) is 42.1 Å². The number of benzene rings is 2. The van der Waals surface area contributed by atoms with Crippen LogP contribution in [0.25, 0.3) is 0 Å². The van der Waals surface area contributed by atoms with Crippen molar-refractivity contribution in [2.45, 2.75) is 11.8 Å². The summed E-state index contributed by atoms with van der Waals surface area (Å²) in [6, 6.07) is 18.5. The quantitative estimate of drug-likeness (QED) is 0.577. The fourth-order valence-corrected chi connectivity index (χ4v) is 2.20. The molecule has 0 bridgehead atoms. The van der Waals surface area contributed by atoms with Crippen LogP contribution in [0.3, 0.4) is 0 Å². The molecule has 0 aliphatic carbocycles. The van der Waals surface area contributed by atoms with Gasteiger partial charge in [0.05, 0.1) is 6.61 Å². The molecule has 17 heavy (non-hydrogen) atoms. The monoisotopic (exact) mass is 244 g/mol. The largest absolute Gasteiger partial charge is 0.493 e. The first-order chi connectivity index (χ1) is 8.34. The Morgan fingerprint density at radius 3 is 2.35 bits per heavy atom. The molecule has 0 saturated carbocycles. The van der Waals surface area contributed by atoms with Gasteiger partial charge >= 0.3 is 0 Å². The van der Waals surface area contributed by atoms with Crippen molar-refractivity contribution < 1.29 is 4.74 Å². The number of rotatable bonds is 5. The van der Waals surface area contributed by atoms with Crippen LogP contribution in [0.4, 0.5) is 0 Å². The molecular formula is C15H16OS. The second-order valence-electron chi connectivity index (χ2n) is 3.82. The number of para-hydroxylation sites is 1. The smallest absolute Gasteiger partial charge is 0.119 e. The summed E-state index contributed by atoms with van der Waals surface area (Å²) in [6.45, 7) is 2.84. The first-order valence-electron chi connectivity index (χ1n) is 5.72. The van der Waals surface area contributed by atoms with Crippen molar-refractivity contribution in [3.63, 3.8) is 0 Å². The molecule has 0 aliphatic heterocycles. The van der Waals surface area contributed by atoms with Crippen LogP contribution in [0.5, 0.6) is 5.75 Å². The molecule has 2 aromatic carbocycles. The first-order valence-corrected chi connectivity index (χ1v) is 6.70. The van der Waals surface area contributed by atoms with E-state index < -0.39 is 0 Å². The standard InChI is InChI=1S/C15H16OS/c1-13-7-9-15(10-8-13)17-12-11-16-14-5-3-2-4-6-14/h2-10H,11-12H2,1H3. The highest BCUT2D eigenvalue weighted by Crippen LogP contribution is 2.18. The second-order valence-corrected chi connectivity index (χ2v) is 4.99. The van der Waals surface area contributed by atoms with E-state index in [4.69, 9.17) is 4.74 Å². The lowest BCUT2D eigenvalue weighted by Gasteiger charge is -2.05. The highest BCUT2D eigenvalue weighted by Gasteiger charge is 1.95. The van der Waals surface area contributed by atoms with Crippen LogP contribution in [0.1, 0.15) is 5.56 Å². The Morgan fingerprint density at radius 1 is 0.941 bits per heavy atom. The number of ether oxygens (including phenoxy) is 1. The molecular weight excluding hydrogens is 228 g/mol. The molecule has 2 heteroatoms. The van der Waals surface area contributed by atoms with E-state index in [1.54, 1.807) is 0 Å². The molecule has 1 nitrogen and oxygen atoms in total. The molecule has 0 aliphatic rings. The Labute approximate surface area is 107 Å². The van der Waals surface area contributed by atoms with E-state index in [0.717, 1.165) is 18.1 Å². The zero-order chi connectivity index (χ0) is 11.9. The molecule has 0 atom stereocenters. The van der Waals surface area contributed by atoms with E-state index in [1.165, 1.54) is 10.5 Å². The predicted octanol–water partition coefficient (Wildman–Crippen LogP) is 4.17. The van der Waals surface area contributed by atoms with Gasteiger partial charge in [-0.25, -0.2) is 0 Å². The van der Waals surface area contributed by atoms with Crippen molar-refractivity contribution in [1.82, 2.24) is 0 Å². The van der Waals surface area contributed by atoms with Crippen molar-refractivity contribution in [1.29, 1.82) is 0 Å². The van der Waals surface area contributed by atoms with Crippen molar-refractivity contribution >= 4 is 11.8 Å². The molecule has 0 N–H and O–H groups in total. The van der Waals surface area contributed by atoms with E-state index >= 15 is 0 Å². The Bertz CT molecular complexity index is 436. The Hall–Kier alpha value is -1.41. The van der Waals surface area contributed by atoms with Gasteiger partial charge in [0.15, 0.2) is 0 Å². The van der Waals surface area contributed by atoms with Gasteiger partial charge in [0.2, 0.25) is 0 Å². The van der Waals surface area contributed by atoms with Crippen molar-refractivity contribution in [3.8, 4) is 5.75 Å². The Kier molecular flexibility index (Phi) is 4.51. The third-order valence-corrected chi connectivity index (χ3v) is 3.36. The molecule has 0 amide bonds. The third-order valence-electron chi connectivity index (χ3n) is 2.38. The van der Waals surface area contributed by atoms with Gasteiger partial charge in [-0.15, -0.1) is 11.8 Å². The van der Waals surface area contributed by atoms with Crippen LogP contribution in [0, 0.1) is 6.92 Å². The molecule has 0 unspecified atom stereocenters. The molecule has 0 saturated heterocycles. The van der Waals surface area contributed by atoms with Crippen LogP contribution in [-0.4, -0.2) is 12.4 Å². The lowest BCUT2D eigenvalue weighted by Crippen LogP contribution is -1.99. The maximum atomic E-state index is 5.63. The Morgan fingerprint density at radius 2 is 1.65 bits per heavy atom. The molecule has 0 aromatic heterocycles. The molecule has 0 spiro atoms. The minimum absolute atomic E-state index is 0.739.